The van der Waals surface area contributed by atoms with Crippen molar-refractivity contribution >= 4 is 49.7 Å². The Balaban J connectivity index is 1.61. The number of nitrogens with zero attached hydrogens (tertiary/aromatic N) is 1. The highest BCUT2D eigenvalue weighted by molar-refractivity contribution is 7.93. The molecule has 2 N–H and O–H groups in total. The maximum atomic E-state index is 12.4. The van der Waals surface area contributed by atoms with Gasteiger partial charge in [-0.2, -0.15) is 0 Å². The van der Waals surface area contributed by atoms with Crippen LogP contribution in [0.4, 0.5) is 10.8 Å². The normalized spacial score (nSPS) is 11.1. The van der Waals surface area contributed by atoms with Crippen molar-refractivity contribution in [2.45, 2.75) is 11.3 Å². The summed E-state index contributed by atoms with van der Waals surface area (Å²) in [4.78, 5) is 16.4. The van der Waals surface area contributed by atoms with Crippen LogP contribution in [0.1, 0.15) is 5.69 Å². The summed E-state index contributed by atoms with van der Waals surface area (Å²) in [5, 5.41) is 5.01. The number of aromatic nitrogens is 1. The Morgan fingerprint density at radius 3 is 2.46 bits per heavy atom. The molecular formula is C18H16ClN3O4S2. The standard InChI is InChI=1S/C18H16ClN3O4S2/c1-26-15-6-4-13(5-7-15)20-17(23)10-14-11-27-18(21-14)22-28(24,25)16-8-2-12(19)3-9-16/h2-9,11H,10H2,1H3,(H,20,23)(H,21,22). The molecule has 0 bridgehead atoms. The molecule has 0 aliphatic heterocycles. The van der Waals surface area contributed by atoms with E-state index in [1.54, 1.807) is 36.8 Å². The van der Waals surface area contributed by atoms with Gasteiger partial charge in [0.15, 0.2) is 5.13 Å². The predicted octanol–water partition coefficient (Wildman–Crippen LogP) is 3.79. The van der Waals surface area contributed by atoms with Gasteiger partial charge in [0.05, 0.1) is 24.1 Å². The molecule has 0 aliphatic rings. The van der Waals surface area contributed by atoms with E-state index in [2.05, 4.69) is 15.0 Å². The fourth-order valence-corrected chi connectivity index (χ4v) is 4.36. The number of anilines is 2. The van der Waals surface area contributed by atoms with Gasteiger partial charge in [0.2, 0.25) is 5.91 Å². The monoisotopic (exact) mass is 437 g/mol. The largest absolute Gasteiger partial charge is 0.497 e. The van der Waals surface area contributed by atoms with Gasteiger partial charge in [0.1, 0.15) is 5.75 Å². The van der Waals surface area contributed by atoms with Gasteiger partial charge in [-0.25, -0.2) is 13.4 Å². The highest BCUT2D eigenvalue weighted by atomic mass is 35.5. The molecule has 0 spiro atoms. The van der Waals surface area contributed by atoms with Crippen molar-refractivity contribution in [1.29, 1.82) is 0 Å². The maximum absolute atomic E-state index is 12.4. The van der Waals surface area contributed by atoms with Crippen LogP contribution in [-0.2, 0) is 21.2 Å². The van der Waals surface area contributed by atoms with Crippen LogP contribution >= 0.6 is 22.9 Å². The minimum absolute atomic E-state index is 0.0190. The van der Waals surface area contributed by atoms with E-state index in [1.807, 2.05) is 0 Å². The first kappa shape index (κ1) is 20.1. The molecule has 0 aliphatic carbocycles. The van der Waals surface area contributed by atoms with Crippen LogP contribution in [0.2, 0.25) is 5.02 Å². The molecule has 0 saturated carbocycles. The number of hydrogen-bond donors (Lipinski definition) is 2. The quantitative estimate of drug-likeness (QED) is 0.586. The number of nitrogens with one attached hydrogen (secondary N) is 2. The van der Waals surface area contributed by atoms with Crippen LogP contribution in [0.25, 0.3) is 0 Å². The van der Waals surface area contributed by atoms with Crippen LogP contribution in [-0.4, -0.2) is 26.4 Å². The van der Waals surface area contributed by atoms with Crippen molar-refractivity contribution in [2.75, 3.05) is 17.1 Å². The molecule has 0 fully saturated rings. The summed E-state index contributed by atoms with van der Waals surface area (Å²) in [5.74, 6) is 0.428. The van der Waals surface area contributed by atoms with Crippen LogP contribution in [0, 0.1) is 0 Å². The van der Waals surface area contributed by atoms with E-state index >= 15 is 0 Å². The second kappa shape index (κ2) is 8.59. The number of halogens is 1. The van der Waals surface area contributed by atoms with Crippen LogP contribution in [0.15, 0.2) is 58.8 Å². The van der Waals surface area contributed by atoms with Gasteiger partial charge >= 0.3 is 0 Å². The summed E-state index contributed by atoms with van der Waals surface area (Å²) >= 11 is 6.88. The van der Waals surface area contributed by atoms with Gasteiger partial charge in [0.25, 0.3) is 10.0 Å². The molecule has 3 rings (SSSR count). The number of carbonyl (C=O) groups is 1. The van der Waals surface area contributed by atoms with Gasteiger partial charge in [0, 0.05) is 16.1 Å². The van der Waals surface area contributed by atoms with Gasteiger partial charge in [-0.1, -0.05) is 11.6 Å². The fourth-order valence-electron chi connectivity index (χ4n) is 2.27. The Labute approximate surface area is 171 Å². The molecule has 146 valence electrons. The fraction of sp³-hybridized carbons (Fsp3) is 0.111. The Bertz CT molecular complexity index is 1060. The minimum Gasteiger partial charge on any atom is -0.497 e. The first-order valence-corrected chi connectivity index (χ1v) is 10.8. The van der Waals surface area contributed by atoms with Gasteiger partial charge in [-0.05, 0) is 48.5 Å². The molecule has 10 heteroatoms. The molecule has 0 unspecified atom stereocenters. The van der Waals surface area contributed by atoms with E-state index in [0.717, 1.165) is 11.3 Å². The van der Waals surface area contributed by atoms with Gasteiger partial charge in [-0.3, -0.25) is 9.52 Å². The summed E-state index contributed by atoms with van der Waals surface area (Å²) in [7, 11) is -2.21. The average Bonchev–Trinajstić information content (AvgIpc) is 3.08. The van der Waals surface area contributed by atoms with E-state index in [0.29, 0.717) is 22.2 Å². The molecule has 0 atom stereocenters. The zero-order chi connectivity index (χ0) is 20.1. The summed E-state index contributed by atoms with van der Waals surface area (Å²) in [6, 6.07) is 12.7. The van der Waals surface area contributed by atoms with Crippen molar-refractivity contribution in [3.8, 4) is 5.75 Å². The van der Waals surface area contributed by atoms with E-state index in [1.165, 1.54) is 24.3 Å². The molecule has 28 heavy (non-hydrogen) atoms. The van der Waals surface area contributed by atoms with Crippen molar-refractivity contribution in [2.24, 2.45) is 0 Å². The molecule has 1 amide bonds. The van der Waals surface area contributed by atoms with Crippen molar-refractivity contribution in [3.63, 3.8) is 0 Å². The first-order chi connectivity index (χ1) is 13.4. The number of thiazole rings is 1. The molecule has 0 radical (unpaired) electrons. The Hall–Kier alpha value is -2.62. The lowest BCUT2D eigenvalue weighted by molar-refractivity contribution is -0.115. The Morgan fingerprint density at radius 1 is 1.14 bits per heavy atom. The number of sulfonamides is 1. The number of benzene rings is 2. The third kappa shape index (κ3) is 5.22. The zero-order valence-corrected chi connectivity index (χ0v) is 17.1. The number of amides is 1. The first-order valence-electron chi connectivity index (χ1n) is 8.02. The van der Waals surface area contributed by atoms with Crippen LogP contribution in [0.5, 0.6) is 5.75 Å². The Kier molecular flexibility index (Phi) is 6.18. The topological polar surface area (TPSA) is 97.4 Å². The minimum atomic E-state index is -3.77. The van der Waals surface area contributed by atoms with Gasteiger partial charge < -0.3 is 10.1 Å². The van der Waals surface area contributed by atoms with Crippen LogP contribution < -0.4 is 14.8 Å². The predicted molar refractivity (Wildman–Crippen MR) is 110 cm³/mol. The summed E-state index contributed by atoms with van der Waals surface area (Å²) in [6.45, 7) is 0. The summed E-state index contributed by atoms with van der Waals surface area (Å²) < 4.78 is 32.2. The van der Waals surface area contributed by atoms with Crippen molar-refractivity contribution < 1.29 is 17.9 Å². The van der Waals surface area contributed by atoms with E-state index < -0.39 is 10.0 Å². The molecule has 3 aromatic rings. The number of ether oxygens (including phenoxy) is 1. The second-order valence-corrected chi connectivity index (χ2v) is 8.63. The highest BCUT2D eigenvalue weighted by Crippen LogP contribution is 2.22. The third-order valence-corrected chi connectivity index (χ3v) is 6.16. The lowest BCUT2D eigenvalue weighted by Crippen LogP contribution is -2.15. The molecule has 0 saturated heterocycles. The smallest absolute Gasteiger partial charge is 0.263 e. The van der Waals surface area contributed by atoms with E-state index in [-0.39, 0.29) is 22.4 Å². The lowest BCUT2D eigenvalue weighted by atomic mass is 10.2. The third-order valence-electron chi connectivity index (χ3n) is 3.61. The van der Waals surface area contributed by atoms with Crippen LogP contribution in [0.3, 0.4) is 0 Å². The lowest BCUT2D eigenvalue weighted by Gasteiger charge is -2.06. The molecular weight excluding hydrogens is 422 g/mol. The Morgan fingerprint density at radius 2 is 1.82 bits per heavy atom. The summed E-state index contributed by atoms with van der Waals surface area (Å²) in [6.07, 6.45) is 0.0190. The average molecular weight is 438 g/mol. The highest BCUT2D eigenvalue weighted by Gasteiger charge is 2.17. The second-order valence-electron chi connectivity index (χ2n) is 5.66. The number of carbonyl (C=O) groups excluding carboxylic acids is 1. The van der Waals surface area contributed by atoms with Crippen molar-refractivity contribution in [1.82, 2.24) is 4.98 Å². The van der Waals surface area contributed by atoms with E-state index in [9.17, 15) is 13.2 Å². The number of methoxy groups -OCH3 is 1. The van der Waals surface area contributed by atoms with Crippen molar-refractivity contribution in [3.05, 3.63) is 64.6 Å². The van der Waals surface area contributed by atoms with E-state index in [4.69, 9.17) is 16.3 Å². The molecule has 2 aromatic carbocycles. The molecule has 1 aromatic heterocycles. The SMILES string of the molecule is COc1ccc(NC(=O)Cc2csc(NS(=O)(=O)c3ccc(Cl)cc3)n2)cc1. The molecule has 7 nitrogen and oxygen atoms in total. The number of hydrogen-bond acceptors (Lipinski definition) is 6. The summed E-state index contributed by atoms with van der Waals surface area (Å²) in [5.41, 5.74) is 1.09. The zero-order valence-electron chi connectivity index (χ0n) is 14.7. The van der Waals surface area contributed by atoms with Gasteiger partial charge in [-0.15, -0.1) is 11.3 Å². The maximum Gasteiger partial charge on any atom is 0.263 e. The number of rotatable bonds is 7. The molecule has 1 heterocycles.